The van der Waals surface area contributed by atoms with Crippen LogP contribution in [0.3, 0.4) is 0 Å². The SMILES string of the molecule is COc1ccc(NC(=S)N(Cc2ccccn2)CC2CCCO2)cc1OC. The molecule has 27 heavy (non-hydrogen) atoms. The van der Waals surface area contributed by atoms with Crippen LogP contribution in [0.5, 0.6) is 11.5 Å². The van der Waals surface area contributed by atoms with Crippen LogP contribution in [-0.4, -0.2) is 48.5 Å². The minimum absolute atomic E-state index is 0.193. The molecule has 1 unspecified atom stereocenters. The Bertz CT molecular complexity index is 751. The second-order valence-corrected chi connectivity index (χ2v) is 6.72. The molecule has 1 aliphatic heterocycles. The average molecular weight is 388 g/mol. The second-order valence-electron chi connectivity index (χ2n) is 6.34. The highest BCUT2D eigenvalue weighted by Crippen LogP contribution is 2.30. The highest BCUT2D eigenvalue weighted by atomic mass is 32.1. The van der Waals surface area contributed by atoms with Gasteiger partial charge in [0.1, 0.15) is 0 Å². The predicted molar refractivity (Wildman–Crippen MR) is 109 cm³/mol. The first-order valence-electron chi connectivity index (χ1n) is 8.99. The van der Waals surface area contributed by atoms with E-state index in [1.165, 1.54) is 0 Å². The molecule has 1 aromatic carbocycles. The topological polar surface area (TPSA) is 55.9 Å². The van der Waals surface area contributed by atoms with Gasteiger partial charge in [0.05, 0.1) is 32.6 Å². The minimum Gasteiger partial charge on any atom is -0.493 e. The van der Waals surface area contributed by atoms with Crippen LogP contribution in [0.15, 0.2) is 42.6 Å². The largest absolute Gasteiger partial charge is 0.493 e. The zero-order valence-electron chi connectivity index (χ0n) is 15.7. The molecule has 0 bridgehead atoms. The number of ether oxygens (including phenoxy) is 3. The first-order valence-corrected chi connectivity index (χ1v) is 9.40. The Kier molecular flexibility index (Phi) is 6.84. The van der Waals surface area contributed by atoms with Crippen LogP contribution < -0.4 is 14.8 Å². The maximum atomic E-state index is 5.80. The lowest BCUT2D eigenvalue weighted by atomic mass is 10.2. The molecule has 2 heterocycles. The first kappa shape index (κ1) is 19.4. The molecule has 2 aromatic rings. The van der Waals surface area contributed by atoms with E-state index in [0.717, 1.165) is 37.4 Å². The second kappa shape index (κ2) is 9.53. The van der Waals surface area contributed by atoms with Crippen molar-refractivity contribution in [2.75, 3.05) is 32.7 Å². The summed E-state index contributed by atoms with van der Waals surface area (Å²) in [6.07, 6.45) is 4.14. The monoisotopic (exact) mass is 387 g/mol. The summed E-state index contributed by atoms with van der Waals surface area (Å²) in [5.74, 6) is 1.33. The number of nitrogens with zero attached hydrogens (tertiary/aromatic N) is 2. The summed E-state index contributed by atoms with van der Waals surface area (Å²) in [4.78, 5) is 6.53. The molecular weight excluding hydrogens is 362 g/mol. The van der Waals surface area contributed by atoms with Gasteiger partial charge < -0.3 is 24.4 Å². The molecule has 0 spiro atoms. The number of thiocarbonyl (C=S) groups is 1. The van der Waals surface area contributed by atoms with E-state index in [2.05, 4.69) is 15.2 Å². The van der Waals surface area contributed by atoms with Crippen molar-refractivity contribution >= 4 is 23.0 Å². The fraction of sp³-hybridized carbons (Fsp3) is 0.400. The molecule has 144 valence electrons. The van der Waals surface area contributed by atoms with E-state index >= 15 is 0 Å². The molecule has 0 saturated carbocycles. The van der Waals surface area contributed by atoms with Crippen LogP contribution in [0.25, 0.3) is 0 Å². The Morgan fingerprint density at radius 2 is 2.11 bits per heavy atom. The molecule has 0 aliphatic carbocycles. The van der Waals surface area contributed by atoms with E-state index in [1.807, 2.05) is 36.4 Å². The molecule has 1 saturated heterocycles. The molecule has 0 amide bonds. The fourth-order valence-electron chi connectivity index (χ4n) is 3.06. The molecule has 1 N–H and O–H groups in total. The van der Waals surface area contributed by atoms with Crippen molar-refractivity contribution in [2.45, 2.75) is 25.5 Å². The van der Waals surface area contributed by atoms with Gasteiger partial charge in [0.15, 0.2) is 16.6 Å². The summed E-state index contributed by atoms with van der Waals surface area (Å²) in [6, 6.07) is 11.5. The molecule has 7 heteroatoms. The Hall–Kier alpha value is -2.38. The van der Waals surface area contributed by atoms with Gasteiger partial charge in [0.25, 0.3) is 0 Å². The highest BCUT2D eigenvalue weighted by molar-refractivity contribution is 7.80. The van der Waals surface area contributed by atoms with Gasteiger partial charge in [-0.1, -0.05) is 6.07 Å². The number of nitrogens with one attached hydrogen (secondary N) is 1. The maximum absolute atomic E-state index is 5.80. The number of hydrogen-bond donors (Lipinski definition) is 1. The zero-order chi connectivity index (χ0) is 19.1. The van der Waals surface area contributed by atoms with E-state index in [9.17, 15) is 0 Å². The van der Waals surface area contributed by atoms with Crippen LogP contribution in [0.1, 0.15) is 18.5 Å². The van der Waals surface area contributed by atoms with Crippen LogP contribution in [-0.2, 0) is 11.3 Å². The van der Waals surface area contributed by atoms with Crippen LogP contribution in [0.2, 0.25) is 0 Å². The summed E-state index contributed by atoms with van der Waals surface area (Å²) >= 11 is 5.69. The third-order valence-electron chi connectivity index (χ3n) is 4.45. The number of methoxy groups -OCH3 is 2. The Morgan fingerprint density at radius 1 is 1.26 bits per heavy atom. The van der Waals surface area contributed by atoms with Gasteiger partial charge in [-0.05, 0) is 49.3 Å². The van der Waals surface area contributed by atoms with E-state index < -0.39 is 0 Å². The summed E-state index contributed by atoms with van der Waals surface area (Å²) in [5, 5.41) is 3.93. The van der Waals surface area contributed by atoms with E-state index in [4.69, 9.17) is 26.4 Å². The molecule has 3 rings (SSSR count). The number of hydrogen-bond acceptors (Lipinski definition) is 5. The minimum atomic E-state index is 0.193. The predicted octanol–water partition coefficient (Wildman–Crippen LogP) is 3.48. The van der Waals surface area contributed by atoms with Crippen molar-refractivity contribution in [2.24, 2.45) is 0 Å². The van der Waals surface area contributed by atoms with Crippen LogP contribution in [0, 0.1) is 0 Å². The first-order chi connectivity index (χ1) is 13.2. The van der Waals surface area contributed by atoms with Crippen molar-refractivity contribution in [3.8, 4) is 11.5 Å². The van der Waals surface area contributed by atoms with Crippen molar-refractivity contribution in [3.05, 3.63) is 48.3 Å². The number of benzene rings is 1. The van der Waals surface area contributed by atoms with E-state index in [1.54, 1.807) is 20.4 Å². The van der Waals surface area contributed by atoms with Crippen molar-refractivity contribution in [3.63, 3.8) is 0 Å². The lowest BCUT2D eigenvalue weighted by Crippen LogP contribution is -2.39. The summed E-state index contributed by atoms with van der Waals surface area (Å²) < 4.78 is 16.5. The van der Waals surface area contributed by atoms with Gasteiger partial charge in [-0.25, -0.2) is 0 Å². The average Bonchev–Trinajstić information content (AvgIpc) is 3.21. The van der Waals surface area contributed by atoms with Crippen molar-refractivity contribution < 1.29 is 14.2 Å². The van der Waals surface area contributed by atoms with Gasteiger partial charge >= 0.3 is 0 Å². The van der Waals surface area contributed by atoms with Gasteiger partial charge in [-0.2, -0.15) is 0 Å². The maximum Gasteiger partial charge on any atom is 0.173 e. The number of aromatic nitrogens is 1. The Balaban J connectivity index is 1.73. The van der Waals surface area contributed by atoms with Crippen molar-refractivity contribution in [1.29, 1.82) is 0 Å². The Labute approximate surface area is 165 Å². The van der Waals surface area contributed by atoms with Crippen molar-refractivity contribution in [1.82, 2.24) is 9.88 Å². The third-order valence-corrected chi connectivity index (χ3v) is 4.81. The van der Waals surface area contributed by atoms with Gasteiger partial charge in [-0.15, -0.1) is 0 Å². The lowest BCUT2D eigenvalue weighted by Gasteiger charge is -2.28. The number of pyridine rings is 1. The zero-order valence-corrected chi connectivity index (χ0v) is 16.5. The van der Waals surface area contributed by atoms with E-state index in [-0.39, 0.29) is 6.10 Å². The molecular formula is C20H25N3O3S. The molecule has 0 radical (unpaired) electrons. The Morgan fingerprint density at radius 3 is 2.78 bits per heavy atom. The van der Waals surface area contributed by atoms with Gasteiger partial charge in [0, 0.05) is 31.1 Å². The number of anilines is 1. The summed E-state index contributed by atoms with van der Waals surface area (Å²) in [7, 11) is 3.23. The fourth-order valence-corrected chi connectivity index (χ4v) is 3.31. The highest BCUT2D eigenvalue weighted by Gasteiger charge is 2.21. The smallest absolute Gasteiger partial charge is 0.173 e. The van der Waals surface area contributed by atoms with Crippen LogP contribution in [0.4, 0.5) is 5.69 Å². The third kappa shape index (κ3) is 5.30. The summed E-state index contributed by atoms with van der Waals surface area (Å²) in [5.41, 5.74) is 1.81. The van der Waals surface area contributed by atoms with Gasteiger partial charge in [0.2, 0.25) is 0 Å². The number of rotatable bonds is 7. The van der Waals surface area contributed by atoms with Crippen LogP contribution >= 0.6 is 12.2 Å². The lowest BCUT2D eigenvalue weighted by molar-refractivity contribution is 0.0903. The molecule has 1 aliphatic rings. The molecule has 1 fully saturated rings. The molecule has 6 nitrogen and oxygen atoms in total. The quantitative estimate of drug-likeness (QED) is 0.730. The standard InChI is InChI=1S/C20H25N3O3S/c1-24-18-9-8-15(12-19(18)25-2)22-20(27)23(14-17-7-5-11-26-17)13-16-6-3-4-10-21-16/h3-4,6,8-10,12,17H,5,7,11,13-14H2,1-2H3,(H,22,27). The van der Waals surface area contributed by atoms with E-state index in [0.29, 0.717) is 23.2 Å². The van der Waals surface area contributed by atoms with Gasteiger partial charge in [-0.3, -0.25) is 4.98 Å². The molecule has 1 atom stereocenters. The summed E-state index contributed by atoms with van der Waals surface area (Å²) in [6.45, 7) is 2.17. The molecule has 1 aromatic heterocycles. The normalized spacial score (nSPS) is 16.0.